The van der Waals surface area contributed by atoms with Gasteiger partial charge in [-0.25, -0.2) is 4.39 Å². The van der Waals surface area contributed by atoms with Crippen molar-refractivity contribution in [3.63, 3.8) is 0 Å². The average Bonchev–Trinajstić information content (AvgIpc) is 2.20. The first-order chi connectivity index (χ1) is 7.83. The van der Waals surface area contributed by atoms with Gasteiger partial charge in [-0.1, -0.05) is 22.0 Å². The van der Waals surface area contributed by atoms with Gasteiger partial charge in [0, 0.05) is 16.9 Å². The Balaban J connectivity index is 3.04. The molecule has 0 amide bonds. The Kier molecular flexibility index (Phi) is 5.00. The highest BCUT2D eigenvalue weighted by molar-refractivity contribution is 9.09. The molecule has 0 spiro atoms. The predicted octanol–water partition coefficient (Wildman–Crippen LogP) is 3.94. The van der Waals surface area contributed by atoms with Gasteiger partial charge in [0.15, 0.2) is 0 Å². The van der Waals surface area contributed by atoms with Crippen LogP contribution >= 0.6 is 27.7 Å². The number of hydrogen-bond acceptors (Lipinski definition) is 2. The summed E-state index contributed by atoms with van der Waals surface area (Å²) in [6.07, 6.45) is -0.351. The summed E-state index contributed by atoms with van der Waals surface area (Å²) in [5.41, 5.74) is -4.71. The molecule has 0 heterocycles. The van der Waals surface area contributed by atoms with Crippen LogP contribution in [0.25, 0.3) is 0 Å². The van der Waals surface area contributed by atoms with Gasteiger partial charge < -0.3 is 0 Å². The van der Waals surface area contributed by atoms with Crippen LogP contribution in [-0.2, 0) is 11.2 Å². The third kappa shape index (κ3) is 4.67. The normalized spacial score (nSPS) is 11.6. The molecule has 7 heteroatoms. The lowest BCUT2D eigenvalue weighted by atomic mass is 10.1. The fourth-order valence-electron chi connectivity index (χ4n) is 1.18. The quantitative estimate of drug-likeness (QED) is 0.472. The number of thioether (sulfide) groups is 1. The molecule has 1 aromatic carbocycles. The number of hydrogen-bond donors (Lipinski definition) is 0. The van der Waals surface area contributed by atoms with E-state index in [-0.39, 0.29) is 28.0 Å². The van der Waals surface area contributed by atoms with Gasteiger partial charge in [0.05, 0.1) is 5.33 Å². The Hall–Kier alpha value is -0.560. The van der Waals surface area contributed by atoms with Crippen LogP contribution in [0.4, 0.5) is 17.6 Å². The fraction of sp³-hybridized carbons (Fsp3) is 0.300. The van der Waals surface area contributed by atoms with Crippen molar-refractivity contribution in [2.45, 2.75) is 16.8 Å². The molecule has 0 bridgehead atoms. The number of carbonyl (C=O) groups is 1. The second-order valence-electron chi connectivity index (χ2n) is 3.11. The van der Waals surface area contributed by atoms with Crippen LogP contribution in [-0.4, -0.2) is 16.6 Å². The predicted molar refractivity (Wildman–Crippen MR) is 60.8 cm³/mol. The number of halogens is 5. The van der Waals surface area contributed by atoms with E-state index in [1.807, 2.05) is 0 Å². The van der Waals surface area contributed by atoms with E-state index in [1.165, 1.54) is 6.07 Å². The Labute approximate surface area is 108 Å². The molecule has 0 unspecified atom stereocenters. The number of benzene rings is 1. The van der Waals surface area contributed by atoms with Crippen LogP contribution in [0.3, 0.4) is 0 Å². The maximum absolute atomic E-state index is 13.4. The Morgan fingerprint density at radius 2 is 2.00 bits per heavy atom. The smallest absolute Gasteiger partial charge is 0.298 e. The standard InChI is InChI=1S/C10H7BrF4OS/c11-5-6(16)4-7-8(12)2-1-3-9(7)17-10(13,14)15/h1-3H,4-5H2. The van der Waals surface area contributed by atoms with Crippen molar-refractivity contribution in [3.8, 4) is 0 Å². The molecule has 1 nitrogen and oxygen atoms in total. The zero-order valence-electron chi connectivity index (χ0n) is 8.35. The van der Waals surface area contributed by atoms with Crippen LogP contribution in [0.5, 0.6) is 0 Å². The molecule has 0 radical (unpaired) electrons. The van der Waals surface area contributed by atoms with Crippen molar-refractivity contribution in [2.24, 2.45) is 0 Å². The minimum atomic E-state index is -4.50. The molecule has 0 fully saturated rings. The third-order valence-electron chi connectivity index (χ3n) is 1.82. The Bertz CT molecular complexity index is 419. The first-order valence-corrected chi connectivity index (χ1v) is 6.38. The zero-order chi connectivity index (χ0) is 13.1. The van der Waals surface area contributed by atoms with Crippen molar-refractivity contribution in [2.75, 3.05) is 5.33 Å². The summed E-state index contributed by atoms with van der Waals surface area (Å²) in [6, 6.07) is 3.38. The van der Waals surface area contributed by atoms with E-state index in [1.54, 1.807) is 0 Å². The molecule has 0 aliphatic rings. The first kappa shape index (κ1) is 14.5. The van der Waals surface area contributed by atoms with E-state index in [2.05, 4.69) is 15.9 Å². The summed E-state index contributed by atoms with van der Waals surface area (Å²) in [4.78, 5) is 10.9. The van der Waals surface area contributed by atoms with Gasteiger partial charge in [0.25, 0.3) is 0 Å². The van der Waals surface area contributed by atoms with Crippen LogP contribution in [0.1, 0.15) is 5.56 Å². The lowest BCUT2D eigenvalue weighted by Gasteiger charge is -2.11. The number of carbonyl (C=O) groups excluding carboxylic acids is 1. The van der Waals surface area contributed by atoms with Gasteiger partial charge in [0.2, 0.25) is 0 Å². The molecule has 17 heavy (non-hydrogen) atoms. The summed E-state index contributed by atoms with van der Waals surface area (Å²) in [6.45, 7) is 0. The SMILES string of the molecule is O=C(CBr)Cc1c(F)cccc1SC(F)(F)F. The highest BCUT2D eigenvalue weighted by Crippen LogP contribution is 2.39. The van der Waals surface area contributed by atoms with E-state index in [4.69, 9.17) is 0 Å². The molecule has 0 atom stereocenters. The lowest BCUT2D eigenvalue weighted by molar-refractivity contribution is -0.116. The van der Waals surface area contributed by atoms with E-state index < -0.39 is 23.1 Å². The van der Waals surface area contributed by atoms with Crippen molar-refractivity contribution >= 4 is 33.5 Å². The van der Waals surface area contributed by atoms with E-state index >= 15 is 0 Å². The second-order valence-corrected chi connectivity index (χ2v) is 4.78. The van der Waals surface area contributed by atoms with Crippen molar-refractivity contribution < 1.29 is 22.4 Å². The van der Waals surface area contributed by atoms with Crippen molar-refractivity contribution in [1.29, 1.82) is 0 Å². The Morgan fingerprint density at radius 3 is 2.53 bits per heavy atom. The summed E-state index contributed by atoms with van der Waals surface area (Å²) in [5.74, 6) is -1.17. The van der Waals surface area contributed by atoms with Crippen LogP contribution in [0.15, 0.2) is 23.1 Å². The first-order valence-electron chi connectivity index (χ1n) is 4.44. The molecule has 1 aromatic rings. The lowest BCUT2D eigenvalue weighted by Crippen LogP contribution is -2.08. The summed E-state index contributed by atoms with van der Waals surface area (Å²) in [5, 5.41) is -0.0164. The maximum Gasteiger partial charge on any atom is 0.446 e. The van der Waals surface area contributed by atoms with Gasteiger partial charge in [-0.05, 0) is 23.9 Å². The van der Waals surface area contributed by atoms with Crippen LogP contribution in [0, 0.1) is 5.82 Å². The zero-order valence-corrected chi connectivity index (χ0v) is 10.8. The molecule has 0 saturated carbocycles. The highest BCUT2D eigenvalue weighted by atomic mass is 79.9. The molecular weight excluding hydrogens is 324 g/mol. The number of Topliss-reactive ketones (excluding diaryl/α,β-unsaturated/α-hetero) is 1. The number of ketones is 1. The van der Waals surface area contributed by atoms with Gasteiger partial charge >= 0.3 is 5.51 Å². The minimum absolute atomic E-state index is 0.0164. The summed E-state index contributed by atoms with van der Waals surface area (Å²) >= 11 is 2.47. The van der Waals surface area contributed by atoms with E-state index in [9.17, 15) is 22.4 Å². The molecule has 1 rings (SSSR count). The minimum Gasteiger partial charge on any atom is -0.298 e. The summed E-state index contributed by atoms with van der Waals surface area (Å²) in [7, 11) is 0. The summed E-state index contributed by atoms with van der Waals surface area (Å²) < 4.78 is 50.0. The monoisotopic (exact) mass is 330 g/mol. The van der Waals surface area contributed by atoms with Gasteiger partial charge in [-0.15, -0.1) is 0 Å². The molecule has 0 N–H and O–H groups in total. The maximum atomic E-state index is 13.4. The van der Waals surface area contributed by atoms with Gasteiger partial charge in [-0.2, -0.15) is 13.2 Å². The van der Waals surface area contributed by atoms with Crippen LogP contribution < -0.4 is 0 Å². The fourth-order valence-corrected chi connectivity index (χ4v) is 2.06. The Morgan fingerprint density at radius 1 is 1.35 bits per heavy atom. The third-order valence-corrected chi connectivity index (χ3v) is 3.28. The molecule has 0 aliphatic heterocycles. The van der Waals surface area contributed by atoms with Crippen molar-refractivity contribution in [3.05, 3.63) is 29.6 Å². The van der Waals surface area contributed by atoms with E-state index in [0.717, 1.165) is 12.1 Å². The topological polar surface area (TPSA) is 17.1 Å². The molecule has 94 valence electrons. The van der Waals surface area contributed by atoms with Crippen LogP contribution in [0.2, 0.25) is 0 Å². The highest BCUT2D eigenvalue weighted by Gasteiger charge is 2.31. The van der Waals surface area contributed by atoms with Gasteiger partial charge in [-0.3, -0.25) is 4.79 Å². The molecule has 0 saturated heterocycles. The molecule has 0 aliphatic carbocycles. The molecular formula is C10H7BrF4OS. The number of rotatable bonds is 4. The van der Waals surface area contributed by atoms with Gasteiger partial charge in [0.1, 0.15) is 11.6 Å². The van der Waals surface area contributed by atoms with Crippen molar-refractivity contribution in [1.82, 2.24) is 0 Å². The molecule has 0 aromatic heterocycles. The second kappa shape index (κ2) is 5.86. The average molecular weight is 331 g/mol. The van der Waals surface area contributed by atoms with E-state index in [0.29, 0.717) is 0 Å². The number of alkyl halides is 4. The largest absolute Gasteiger partial charge is 0.446 e.